The fraction of sp³-hybridized carbons (Fsp3) is 0.588. The molecule has 0 spiro atoms. The molecule has 1 saturated carbocycles. The third kappa shape index (κ3) is 3.91. The summed E-state index contributed by atoms with van der Waals surface area (Å²) in [5, 5.41) is 0. The lowest BCUT2D eigenvalue weighted by atomic mass is 9.75. The molecule has 1 aliphatic carbocycles. The van der Waals surface area contributed by atoms with E-state index in [0.29, 0.717) is 12.3 Å². The standard InChI is InChI=1S/C17H22BrFO/c1-11(2)12-3-5-13(6-4-12)17(20)10-14-9-15(19)7-8-16(14)18/h7-9,11-13H,3-6,10H2,1-2H3. The van der Waals surface area contributed by atoms with Gasteiger partial charge in [-0.25, -0.2) is 4.39 Å². The highest BCUT2D eigenvalue weighted by Crippen LogP contribution is 2.34. The van der Waals surface area contributed by atoms with E-state index in [1.165, 1.54) is 12.1 Å². The van der Waals surface area contributed by atoms with Gasteiger partial charge in [-0.1, -0.05) is 29.8 Å². The van der Waals surface area contributed by atoms with Crippen molar-refractivity contribution in [1.82, 2.24) is 0 Å². The first-order valence-electron chi connectivity index (χ1n) is 7.44. The molecular weight excluding hydrogens is 319 g/mol. The van der Waals surface area contributed by atoms with E-state index >= 15 is 0 Å². The Morgan fingerprint density at radius 1 is 1.30 bits per heavy atom. The molecule has 0 atom stereocenters. The van der Waals surface area contributed by atoms with Gasteiger partial charge in [-0.15, -0.1) is 0 Å². The first-order chi connectivity index (χ1) is 9.47. The van der Waals surface area contributed by atoms with Crippen LogP contribution in [0.15, 0.2) is 22.7 Å². The Labute approximate surface area is 129 Å². The highest BCUT2D eigenvalue weighted by Gasteiger charge is 2.27. The zero-order valence-electron chi connectivity index (χ0n) is 12.2. The lowest BCUT2D eigenvalue weighted by Crippen LogP contribution is -2.25. The lowest BCUT2D eigenvalue weighted by Gasteiger charge is -2.30. The predicted molar refractivity (Wildman–Crippen MR) is 83.1 cm³/mol. The Bertz CT molecular complexity index is 476. The zero-order chi connectivity index (χ0) is 14.7. The van der Waals surface area contributed by atoms with Gasteiger partial charge in [0.1, 0.15) is 11.6 Å². The molecule has 0 amide bonds. The Kier molecular flexibility index (Phi) is 5.36. The second kappa shape index (κ2) is 6.84. The number of Topliss-reactive ketones (excluding diaryl/α,β-unsaturated/α-hetero) is 1. The van der Waals surface area contributed by atoms with Crippen LogP contribution < -0.4 is 0 Å². The van der Waals surface area contributed by atoms with Gasteiger partial charge in [0.25, 0.3) is 0 Å². The normalized spacial score (nSPS) is 23.1. The smallest absolute Gasteiger partial charge is 0.140 e. The number of ketones is 1. The maximum atomic E-state index is 13.2. The van der Waals surface area contributed by atoms with Gasteiger partial charge >= 0.3 is 0 Å². The van der Waals surface area contributed by atoms with Crippen LogP contribution in [0.5, 0.6) is 0 Å². The highest BCUT2D eigenvalue weighted by atomic mass is 79.9. The summed E-state index contributed by atoms with van der Waals surface area (Å²) in [6.45, 7) is 4.52. The number of rotatable bonds is 4. The van der Waals surface area contributed by atoms with Gasteiger partial charge < -0.3 is 0 Å². The molecule has 0 heterocycles. The summed E-state index contributed by atoms with van der Waals surface area (Å²) < 4.78 is 14.1. The molecule has 1 aromatic carbocycles. The van der Waals surface area contributed by atoms with E-state index in [1.54, 1.807) is 6.07 Å². The third-order valence-electron chi connectivity index (χ3n) is 4.54. The van der Waals surface area contributed by atoms with Gasteiger partial charge in [0.05, 0.1) is 0 Å². The van der Waals surface area contributed by atoms with Crippen LogP contribution >= 0.6 is 15.9 Å². The van der Waals surface area contributed by atoms with Crippen LogP contribution in [-0.2, 0) is 11.2 Å². The van der Waals surface area contributed by atoms with Crippen LogP contribution in [0.3, 0.4) is 0 Å². The molecule has 0 saturated heterocycles. The molecule has 0 aliphatic heterocycles. The SMILES string of the molecule is CC(C)C1CCC(C(=O)Cc2cc(F)ccc2Br)CC1. The number of carbonyl (C=O) groups excluding carboxylic acids is 1. The van der Waals surface area contributed by atoms with Crippen molar-refractivity contribution in [1.29, 1.82) is 0 Å². The highest BCUT2D eigenvalue weighted by molar-refractivity contribution is 9.10. The van der Waals surface area contributed by atoms with E-state index in [0.717, 1.165) is 41.6 Å². The molecule has 2 rings (SSSR count). The molecule has 20 heavy (non-hydrogen) atoms. The zero-order valence-corrected chi connectivity index (χ0v) is 13.7. The van der Waals surface area contributed by atoms with Gasteiger partial charge in [0, 0.05) is 16.8 Å². The van der Waals surface area contributed by atoms with Crippen molar-refractivity contribution in [2.24, 2.45) is 17.8 Å². The first-order valence-corrected chi connectivity index (χ1v) is 8.23. The minimum Gasteiger partial charge on any atom is -0.299 e. The third-order valence-corrected chi connectivity index (χ3v) is 5.32. The molecule has 110 valence electrons. The van der Waals surface area contributed by atoms with E-state index in [-0.39, 0.29) is 17.5 Å². The molecular formula is C17H22BrFO. The number of halogens is 2. The molecule has 0 unspecified atom stereocenters. The van der Waals surface area contributed by atoms with Crippen molar-refractivity contribution in [2.75, 3.05) is 0 Å². The van der Waals surface area contributed by atoms with E-state index in [1.807, 2.05) is 0 Å². The molecule has 0 bridgehead atoms. The Balaban J connectivity index is 1.94. The molecule has 3 heteroatoms. The van der Waals surface area contributed by atoms with Crippen LogP contribution in [-0.4, -0.2) is 5.78 Å². The molecule has 1 nitrogen and oxygen atoms in total. The minimum absolute atomic E-state index is 0.167. The van der Waals surface area contributed by atoms with E-state index in [4.69, 9.17) is 0 Å². The fourth-order valence-electron chi connectivity index (χ4n) is 3.12. The van der Waals surface area contributed by atoms with Gasteiger partial charge in [-0.05, 0) is 61.3 Å². The summed E-state index contributed by atoms with van der Waals surface area (Å²) in [6.07, 6.45) is 4.63. The minimum atomic E-state index is -0.278. The molecule has 0 N–H and O–H groups in total. The van der Waals surface area contributed by atoms with Crippen LogP contribution in [0.25, 0.3) is 0 Å². The van der Waals surface area contributed by atoms with Crippen molar-refractivity contribution >= 4 is 21.7 Å². The van der Waals surface area contributed by atoms with Gasteiger partial charge in [-0.3, -0.25) is 4.79 Å². The second-order valence-corrected chi connectivity index (χ2v) is 7.09. The summed E-state index contributed by atoms with van der Waals surface area (Å²) in [5.41, 5.74) is 0.765. The van der Waals surface area contributed by atoms with Crippen molar-refractivity contribution in [3.05, 3.63) is 34.1 Å². The lowest BCUT2D eigenvalue weighted by molar-refractivity contribution is -0.123. The van der Waals surface area contributed by atoms with E-state index in [2.05, 4.69) is 29.8 Å². The number of hydrogen-bond acceptors (Lipinski definition) is 1. The monoisotopic (exact) mass is 340 g/mol. The van der Waals surface area contributed by atoms with Crippen molar-refractivity contribution in [2.45, 2.75) is 46.0 Å². The largest absolute Gasteiger partial charge is 0.299 e. The quantitative estimate of drug-likeness (QED) is 0.739. The average molecular weight is 341 g/mol. The van der Waals surface area contributed by atoms with Crippen molar-refractivity contribution in [3.63, 3.8) is 0 Å². The van der Waals surface area contributed by atoms with E-state index < -0.39 is 0 Å². The summed E-state index contributed by atoms with van der Waals surface area (Å²) in [6, 6.07) is 4.54. The molecule has 1 aromatic rings. The summed E-state index contributed by atoms with van der Waals surface area (Å²) >= 11 is 3.39. The molecule has 0 aromatic heterocycles. The molecule has 1 aliphatic rings. The summed E-state index contributed by atoms with van der Waals surface area (Å²) in [7, 11) is 0. The Morgan fingerprint density at radius 3 is 2.55 bits per heavy atom. The van der Waals surface area contributed by atoms with Crippen molar-refractivity contribution in [3.8, 4) is 0 Å². The van der Waals surface area contributed by atoms with Crippen molar-refractivity contribution < 1.29 is 9.18 Å². The van der Waals surface area contributed by atoms with E-state index in [9.17, 15) is 9.18 Å². The Morgan fingerprint density at radius 2 is 1.95 bits per heavy atom. The van der Waals surface area contributed by atoms with Gasteiger partial charge in [0.15, 0.2) is 0 Å². The summed E-state index contributed by atoms with van der Waals surface area (Å²) in [5.74, 6) is 1.63. The van der Waals surface area contributed by atoms with Crippen LogP contribution in [0, 0.1) is 23.6 Å². The first kappa shape index (κ1) is 15.7. The maximum absolute atomic E-state index is 13.2. The van der Waals surface area contributed by atoms with Gasteiger partial charge in [0.2, 0.25) is 0 Å². The number of hydrogen-bond donors (Lipinski definition) is 0. The number of benzene rings is 1. The number of carbonyl (C=O) groups is 1. The predicted octanol–water partition coefficient (Wildman–Crippen LogP) is 5.16. The second-order valence-electron chi connectivity index (χ2n) is 6.23. The van der Waals surface area contributed by atoms with Gasteiger partial charge in [-0.2, -0.15) is 0 Å². The van der Waals surface area contributed by atoms with Crippen LogP contribution in [0.2, 0.25) is 0 Å². The van der Waals surface area contributed by atoms with Crippen LogP contribution in [0.4, 0.5) is 4.39 Å². The maximum Gasteiger partial charge on any atom is 0.140 e. The summed E-state index contributed by atoms with van der Waals surface area (Å²) in [4.78, 5) is 12.4. The topological polar surface area (TPSA) is 17.1 Å². The molecule has 0 radical (unpaired) electrons. The fourth-order valence-corrected chi connectivity index (χ4v) is 3.51. The average Bonchev–Trinajstić information content (AvgIpc) is 2.43. The van der Waals surface area contributed by atoms with Crippen LogP contribution in [0.1, 0.15) is 45.1 Å². The Hall–Kier alpha value is -0.700. The molecule has 1 fully saturated rings.